The number of hydrogen-bond donors (Lipinski definition) is 5. The number of ether oxygens (including phenoxy) is 1. The van der Waals surface area contributed by atoms with Gasteiger partial charge in [0.25, 0.3) is 0 Å². The SMILES string of the molecule is CC(C)=C(O)[C@H]1O[C@H](O)[C@H](O)[C@@H](O)[C@@H]1O. The van der Waals surface area contributed by atoms with Gasteiger partial charge in [0.2, 0.25) is 0 Å². The first-order valence-electron chi connectivity index (χ1n) is 4.60. The number of hydrogen-bond acceptors (Lipinski definition) is 6. The minimum Gasteiger partial charge on any atom is -0.510 e. The molecule has 1 fully saturated rings. The van der Waals surface area contributed by atoms with E-state index in [4.69, 9.17) is 4.74 Å². The van der Waals surface area contributed by atoms with Crippen molar-refractivity contribution in [3.05, 3.63) is 11.3 Å². The average Bonchev–Trinajstić information content (AvgIpc) is 2.19. The number of rotatable bonds is 1. The van der Waals surface area contributed by atoms with Crippen molar-refractivity contribution in [1.82, 2.24) is 0 Å². The maximum absolute atomic E-state index is 9.53. The highest BCUT2D eigenvalue weighted by Crippen LogP contribution is 2.24. The Morgan fingerprint density at radius 2 is 1.47 bits per heavy atom. The van der Waals surface area contributed by atoms with E-state index in [2.05, 4.69) is 0 Å². The third-order valence-electron chi connectivity index (χ3n) is 2.37. The molecule has 6 nitrogen and oxygen atoms in total. The summed E-state index contributed by atoms with van der Waals surface area (Å²) in [5, 5.41) is 46.7. The second-order valence-corrected chi connectivity index (χ2v) is 3.80. The topological polar surface area (TPSA) is 110 Å². The van der Waals surface area contributed by atoms with Gasteiger partial charge in [0.05, 0.1) is 0 Å². The predicted molar refractivity (Wildman–Crippen MR) is 49.9 cm³/mol. The Kier molecular flexibility index (Phi) is 3.69. The van der Waals surface area contributed by atoms with E-state index in [-0.39, 0.29) is 5.76 Å². The minimum atomic E-state index is -1.63. The zero-order chi connectivity index (χ0) is 11.7. The lowest BCUT2D eigenvalue weighted by molar-refractivity contribution is -0.278. The maximum Gasteiger partial charge on any atom is 0.184 e. The van der Waals surface area contributed by atoms with Crippen molar-refractivity contribution in [2.24, 2.45) is 0 Å². The van der Waals surface area contributed by atoms with Crippen molar-refractivity contribution in [1.29, 1.82) is 0 Å². The van der Waals surface area contributed by atoms with Crippen LogP contribution >= 0.6 is 0 Å². The largest absolute Gasteiger partial charge is 0.510 e. The molecule has 0 amide bonds. The summed E-state index contributed by atoms with van der Waals surface area (Å²) in [6.07, 6.45) is -7.46. The molecule has 0 spiro atoms. The molecular weight excluding hydrogens is 204 g/mol. The Labute approximate surface area is 87.0 Å². The van der Waals surface area contributed by atoms with E-state index in [0.717, 1.165) is 0 Å². The summed E-state index contributed by atoms with van der Waals surface area (Å²) in [5.41, 5.74) is 0.495. The second-order valence-electron chi connectivity index (χ2n) is 3.80. The molecule has 0 aromatic rings. The predicted octanol–water partition coefficient (Wildman–Crippen LogP) is -1.36. The fourth-order valence-corrected chi connectivity index (χ4v) is 1.37. The summed E-state index contributed by atoms with van der Waals surface area (Å²) in [7, 11) is 0. The van der Waals surface area contributed by atoms with Gasteiger partial charge in [0.1, 0.15) is 30.2 Å². The van der Waals surface area contributed by atoms with Crippen LogP contribution in [0.3, 0.4) is 0 Å². The van der Waals surface area contributed by atoms with Crippen LogP contribution in [0.2, 0.25) is 0 Å². The third kappa shape index (κ3) is 2.30. The normalized spacial score (nSPS) is 41.3. The Balaban J connectivity index is 2.89. The number of aliphatic hydroxyl groups excluding tert-OH is 5. The fourth-order valence-electron chi connectivity index (χ4n) is 1.37. The van der Waals surface area contributed by atoms with Gasteiger partial charge in [-0.15, -0.1) is 0 Å². The van der Waals surface area contributed by atoms with Crippen LogP contribution in [-0.4, -0.2) is 56.2 Å². The Morgan fingerprint density at radius 1 is 0.933 bits per heavy atom. The minimum absolute atomic E-state index is 0.257. The van der Waals surface area contributed by atoms with E-state index < -0.39 is 30.7 Å². The van der Waals surface area contributed by atoms with Crippen molar-refractivity contribution >= 4 is 0 Å². The zero-order valence-corrected chi connectivity index (χ0v) is 8.53. The molecule has 0 aromatic heterocycles. The quantitative estimate of drug-likeness (QED) is 0.349. The van der Waals surface area contributed by atoms with Crippen LogP contribution in [0.4, 0.5) is 0 Å². The van der Waals surface area contributed by atoms with Gasteiger partial charge in [0, 0.05) is 0 Å². The molecule has 0 saturated carbocycles. The zero-order valence-electron chi connectivity index (χ0n) is 8.53. The van der Waals surface area contributed by atoms with Gasteiger partial charge in [0.15, 0.2) is 6.29 Å². The molecule has 6 heteroatoms. The summed E-state index contributed by atoms with van der Waals surface area (Å²) < 4.78 is 4.79. The van der Waals surface area contributed by atoms with Gasteiger partial charge in [-0.05, 0) is 19.4 Å². The molecule has 5 atom stereocenters. The molecule has 0 aromatic carbocycles. The Morgan fingerprint density at radius 3 is 1.93 bits per heavy atom. The molecule has 88 valence electrons. The van der Waals surface area contributed by atoms with Crippen LogP contribution in [0.1, 0.15) is 13.8 Å². The van der Waals surface area contributed by atoms with Gasteiger partial charge in [-0.25, -0.2) is 0 Å². The highest BCUT2D eigenvalue weighted by Gasteiger charge is 2.44. The van der Waals surface area contributed by atoms with Gasteiger partial charge in [-0.3, -0.25) is 0 Å². The van der Waals surface area contributed by atoms with E-state index in [1.165, 1.54) is 0 Å². The van der Waals surface area contributed by atoms with Crippen molar-refractivity contribution in [2.75, 3.05) is 0 Å². The fraction of sp³-hybridized carbons (Fsp3) is 0.778. The smallest absolute Gasteiger partial charge is 0.184 e. The van der Waals surface area contributed by atoms with E-state index in [1.807, 2.05) is 0 Å². The summed E-state index contributed by atoms with van der Waals surface area (Å²) in [6.45, 7) is 3.18. The lowest BCUT2D eigenvalue weighted by Gasteiger charge is -2.38. The molecule has 5 N–H and O–H groups in total. The van der Waals surface area contributed by atoms with E-state index in [9.17, 15) is 25.5 Å². The molecule has 0 aliphatic carbocycles. The third-order valence-corrected chi connectivity index (χ3v) is 2.37. The van der Waals surface area contributed by atoms with Crippen molar-refractivity contribution in [2.45, 2.75) is 44.6 Å². The first-order valence-corrected chi connectivity index (χ1v) is 4.60. The highest BCUT2D eigenvalue weighted by molar-refractivity contribution is 5.11. The summed E-state index contributed by atoms with van der Waals surface area (Å²) in [5.74, 6) is -0.257. The molecular formula is C9H16O6. The first-order chi connectivity index (χ1) is 6.86. The standard InChI is InChI=1S/C9H16O6/c1-3(2)4(10)8-6(12)5(11)7(13)9(14)15-8/h5-14H,1-2H3/t5-,6-,7+,8+,9-/m0/s1. The van der Waals surface area contributed by atoms with E-state index in [0.29, 0.717) is 5.57 Å². The van der Waals surface area contributed by atoms with Gasteiger partial charge in [-0.1, -0.05) is 0 Å². The van der Waals surface area contributed by atoms with Crippen LogP contribution in [-0.2, 0) is 4.74 Å². The molecule has 0 unspecified atom stereocenters. The first kappa shape index (κ1) is 12.4. The van der Waals surface area contributed by atoms with Crippen molar-refractivity contribution < 1.29 is 30.3 Å². The molecule has 1 saturated heterocycles. The van der Waals surface area contributed by atoms with Crippen molar-refractivity contribution in [3.63, 3.8) is 0 Å². The van der Waals surface area contributed by atoms with Crippen LogP contribution < -0.4 is 0 Å². The molecule has 1 heterocycles. The average molecular weight is 220 g/mol. The Bertz CT molecular complexity index is 259. The number of allylic oxidation sites excluding steroid dienone is 1. The van der Waals surface area contributed by atoms with Crippen molar-refractivity contribution in [3.8, 4) is 0 Å². The Hall–Kier alpha value is -0.660. The van der Waals surface area contributed by atoms with Crippen LogP contribution in [0.25, 0.3) is 0 Å². The molecule has 15 heavy (non-hydrogen) atoms. The maximum atomic E-state index is 9.53. The highest BCUT2D eigenvalue weighted by atomic mass is 16.6. The van der Waals surface area contributed by atoms with E-state index >= 15 is 0 Å². The van der Waals surface area contributed by atoms with Gasteiger partial charge >= 0.3 is 0 Å². The lowest BCUT2D eigenvalue weighted by atomic mass is 9.96. The monoisotopic (exact) mass is 220 g/mol. The number of aliphatic hydroxyl groups is 5. The van der Waals surface area contributed by atoms with Gasteiger partial charge in [-0.2, -0.15) is 0 Å². The van der Waals surface area contributed by atoms with E-state index in [1.54, 1.807) is 13.8 Å². The molecule has 1 aliphatic heterocycles. The molecule has 0 bridgehead atoms. The summed E-state index contributed by atoms with van der Waals surface area (Å²) >= 11 is 0. The lowest BCUT2D eigenvalue weighted by Crippen LogP contribution is -2.58. The molecule has 1 rings (SSSR count). The van der Waals surface area contributed by atoms with Crippen LogP contribution in [0, 0.1) is 0 Å². The molecule has 0 radical (unpaired) electrons. The van der Waals surface area contributed by atoms with Crippen LogP contribution in [0.15, 0.2) is 11.3 Å². The van der Waals surface area contributed by atoms with Crippen LogP contribution in [0.5, 0.6) is 0 Å². The van der Waals surface area contributed by atoms with Gasteiger partial charge < -0.3 is 30.3 Å². The summed E-state index contributed by atoms with van der Waals surface area (Å²) in [4.78, 5) is 0. The molecule has 1 aliphatic rings. The summed E-state index contributed by atoms with van der Waals surface area (Å²) in [6, 6.07) is 0. The second kappa shape index (κ2) is 4.46.